The van der Waals surface area contributed by atoms with Crippen LogP contribution >= 0.6 is 11.3 Å². The lowest BCUT2D eigenvalue weighted by Crippen LogP contribution is -2.45. The van der Waals surface area contributed by atoms with Gasteiger partial charge in [0.25, 0.3) is 0 Å². The lowest BCUT2D eigenvalue weighted by Gasteiger charge is -2.29. The number of hydrogen-bond donors (Lipinski definition) is 1. The van der Waals surface area contributed by atoms with Crippen LogP contribution < -0.4 is 5.32 Å². The van der Waals surface area contributed by atoms with Crippen molar-refractivity contribution in [2.45, 2.75) is 31.5 Å². The van der Waals surface area contributed by atoms with E-state index in [2.05, 4.69) is 10.3 Å². The molecule has 1 aromatic carbocycles. The topological polar surface area (TPSA) is 34.1 Å². The summed E-state index contributed by atoms with van der Waals surface area (Å²) in [5, 5.41) is 4.17. The highest BCUT2D eigenvalue weighted by molar-refractivity contribution is 7.18. The third-order valence-electron chi connectivity index (χ3n) is 3.53. The molecule has 3 rings (SSSR count). The van der Waals surface area contributed by atoms with E-state index in [1.54, 1.807) is 18.3 Å². The van der Waals surface area contributed by atoms with Crippen molar-refractivity contribution < 1.29 is 9.13 Å². The van der Waals surface area contributed by atoms with Crippen LogP contribution in [0.25, 0.3) is 10.2 Å². The highest BCUT2D eigenvalue weighted by Crippen LogP contribution is 2.29. The molecule has 0 radical (unpaired) electrons. The monoisotopic (exact) mass is 294 g/mol. The first-order valence-electron chi connectivity index (χ1n) is 6.97. The highest BCUT2D eigenvalue weighted by atomic mass is 32.1. The number of halogens is 1. The number of nitrogens with zero attached hydrogens (tertiary/aromatic N) is 1. The molecular weight excluding hydrogens is 275 g/mol. The van der Waals surface area contributed by atoms with Crippen LogP contribution in [0.1, 0.15) is 18.4 Å². The molecule has 1 aliphatic heterocycles. The fourth-order valence-corrected chi connectivity index (χ4v) is 3.78. The van der Waals surface area contributed by atoms with Crippen molar-refractivity contribution in [2.75, 3.05) is 19.8 Å². The number of nitrogens with one attached hydrogen (secondary N) is 1. The third kappa shape index (κ3) is 3.34. The van der Waals surface area contributed by atoms with Crippen molar-refractivity contribution in [1.82, 2.24) is 10.3 Å². The van der Waals surface area contributed by atoms with Gasteiger partial charge in [-0.25, -0.2) is 9.37 Å². The molecule has 1 N–H and O–H groups in total. The SMILES string of the molecule is CC(F)(Cc1nc2ccccc2s1)CC1COCCN1. The third-order valence-corrected chi connectivity index (χ3v) is 4.56. The molecule has 1 saturated heterocycles. The Morgan fingerprint density at radius 3 is 3.10 bits per heavy atom. The highest BCUT2D eigenvalue weighted by Gasteiger charge is 2.30. The first-order chi connectivity index (χ1) is 9.62. The molecule has 0 saturated carbocycles. The lowest BCUT2D eigenvalue weighted by atomic mass is 9.95. The number of benzene rings is 1. The van der Waals surface area contributed by atoms with Gasteiger partial charge in [0.15, 0.2) is 0 Å². The molecule has 2 unspecified atom stereocenters. The number of fused-ring (bicyclic) bond motifs is 1. The van der Waals surface area contributed by atoms with Crippen molar-refractivity contribution in [2.24, 2.45) is 0 Å². The maximum absolute atomic E-state index is 14.8. The summed E-state index contributed by atoms with van der Waals surface area (Å²) < 4.78 is 21.3. The Morgan fingerprint density at radius 2 is 2.35 bits per heavy atom. The molecule has 3 nitrogen and oxygen atoms in total. The maximum Gasteiger partial charge on any atom is 0.116 e. The van der Waals surface area contributed by atoms with Gasteiger partial charge in [-0.2, -0.15) is 0 Å². The fraction of sp³-hybridized carbons (Fsp3) is 0.533. The van der Waals surface area contributed by atoms with Gasteiger partial charge >= 0.3 is 0 Å². The van der Waals surface area contributed by atoms with Gasteiger partial charge in [-0.15, -0.1) is 11.3 Å². The standard InChI is InChI=1S/C15H19FN2OS/c1-15(16,8-11-10-19-7-6-17-11)9-14-18-12-4-2-3-5-13(12)20-14/h2-5,11,17H,6-10H2,1H3. The van der Waals surface area contributed by atoms with Crippen molar-refractivity contribution in [3.63, 3.8) is 0 Å². The van der Waals surface area contributed by atoms with E-state index < -0.39 is 5.67 Å². The molecule has 1 aliphatic rings. The molecule has 2 aromatic rings. The Kier molecular flexibility index (Phi) is 4.01. The molecular formula is C15H19FN2OS. The molecule has 2 heterocycles. The van der Waals surface area contributed by atoms with Gasteiger partial charge in [0.1, 0.15) is 5.67 Å². The zero-order valence-electron chi connectivity index (χ0n) is 11.6. The summed E-state index contributed by atoms with van der Waals surface area (Å²) in [6, 6.07) is 8.06. The maximum atomic E-state index is 14.8. The summed E-state index contributed by atoms with van der Waals surface area (Å²) in [6.45, 7) is 3.79. The van der Waals surface area contributed by atoms with Crippen molar-refractivity contribution in [3.05, 3.63) is 29.3 Å². The van der Waals surface area contributed by atoms with Crippen LogP contribution in [0, 0.1) is 0 Å². The van der Waals surface area contributed by atoms with E-state index in [1.165, 1.54) is 0 Å². The number of rotatable bonds is 4. The van der Waals surface area contributed by atoms with E-state index in [9.17, 15) is 4.39 Å². The zero-order valence-corrected chi connectivity index (χ0v) is 12.4. The number of morpholine rings is 1. The summed E-state index contributed by atoms with van der Waals surface area (Å²) in [6.07, 6.45) is 0.827. The second-order valence-electron chi connectivity index (χ2n) is 5.60. The van der Waals surface area contributed by atoms with E-state index in [-0.39, 0.29) is 6.04 Å². The Labute approximate surface area is 122 Å². The molecule has 0 bridgehead atoms. The average molecular weight is 294 g/mol. The Hall–Kier alpha value is -1.04. The second-order valence-corrected chi connectivity index (χ2v) is 6.71. The van der Waals surface area contributed by atoms with Crippen LogP contribution in [0.4, 0.5) is 4.39 Å². The van der Waals surface area contributed by atoms with Crippen LogP contribution in [-0.2, 0) is 11.2 Å². The molecule has 2 atom stereocenters. The van der Waals surface area contributed by atoms with Crippen LogP contribution in [0.5, 0.6) is 0 Å². The normalized spacial score (nSPS) is 22.8. The summed E-state index contributed by atoms with van der Waals surface area (Å²) >= 11 is 1.58. The second kappa shape index (κ2) is 5.76. The summed E-state index contributed by atoms with van der Waals surface area (Å²) in [5.74, 6) is 0. The number of alkyl halides is 1. The van der Waals surface area contributed by atoms with Crippen LogP contribution in [-0.4, -0.2) is 36.5 Å². The first kappa shape index (κ1) is 13.9. The van der Waals surface area contributed by atoms with Crippen molar-refractivity contribution in [3.8, 4) is 0 Å². The minimum absolute atomic E-state index is 0.105. The first-order valence-corrected chi connectivity index (χ1v) is 7.79. The number of ether oxygens (including phenoxy) is 1. The van der Waals surface area contributed by atoms with Crippen LogP contribution in [0.2, 0.25) is 0 Å². The van der Waals surface area contributed by atoms with E-state index >= 15 is 0 Å². The predicted octanol–water partition coefficient (Wildman–Crippen LogP) is 2.95. The fourth-order valence-electron chi connectivity index (χ4n) is 2.65. The number of thiazole rings is 1. The minimum atomic E-state index is -1.26. The van der Waals surface area contributed by atoms with Crippen molar-refractivity contribution >= 4 is 21.6 Å². The molecule has 108 valence electrons. The molecule has 0 aliphatic carbocycles. The van der Waals surface area contributed by atoms with Gasteiger partial charge in [0.2, 0.25) is 0 Å². The van der Waals surface area contributed by atoms with Gasteiger partial charge in [-0.1, -0.05) is 12.1 Å². The average Bonchev–Trinajstić information content (AvgIpc) is 2.80. The molecule has 1 aromatic heterocycles. The zero-order chi connectivity index (χ0) is 14.0. The Morgan fingerprint density at radius 1 is 1.50 bits per heavy atom. The number of hydrogen-bond acceptors (Lipinski definition) is 4. The van der Waals surface area contributed by atoms with E-state index in [0.29, 0.717) is 19.4 Å². The quantitative estimate of drug-likeness (QED) is 0.941. The predicted molar refractivity (Wildman–Crippen MR) is 80.1 cm³/mol. The Bertz CT molecular complexity index is 545. The summed E-state index contributed by atoms with van der Waals surface area (Å²) in [5.41, 5.74) is -0.297. The van der Waals surface area contributed by atoms with Gasteiger partial charge in [-0.05, 0) is 25.5 Å². The van der Waals surface area contributed by atoms with Gasteiger partial charge in [0, 0.05) is 19.0 Å². The molecule has 0 spiro atoms. The molecule has 20 heavy (non-hydrogen) atoms. The van der Waals surface area contributed by atoms with E-state index in [4.69, 9.17) is 4.74 Å². The van der Waals surface area contributed by atoms with Crippen molar-refractivity contribution in [1.29, 1.82) is 0 Å². The van der Waals surface area contributed by atoms with Crippen LogP contribution in [0.3, 0.4) is 0 Å². The molecule has 1 fully saturated rings. The largest absolute Gasteiger partial charge is 0.379 e. The van der Waals surface area contributed by atoms with E-state index in [0.717, 1.165) is 28.4 Å². The van der Waals surface area contributed by atoms with Crippen LogP contribution in [0.15, 0.2) is 24.3 Å². The Balaban J connectivity index is 1.68. The van der Waals surface area contributed by atoms with E-state index in [1.807, 2.05) is 24.3 Å². The number of aromatic nitrogens is 1. The molecule has 5 heteroatoms. The summed E-state index contributed by atoms with van der Waals surface area (Å²) in [4.78, 5) is 4.52. The minimum Gasteiger partial charge on any atom is -0.379 e. The number of para-hydroxylation sites is 1. The van der Waals surface area contributed by atoms with Gasteiger partial charge in [0.05, 0.1) is 28.4 Å². The van der Waals surface area contributed by atoms with Gasteiger partial charge in [-0.3, -0.25) is 0 Å². The molecule has 0 amide bonds. The summed E-state index contributed by atoms with van der Waals surface area (Å²) in [7, 11) is 0. The smallest absolute Gasteiger partial charge is 0.116 e. The van der Waals surface area contributed by atoms with Gasteiger partial charge < -0.3 is 10.1 Å². The lowest BCUT2D eigenvalue weighted by molar-refractivity contribution is 0.0483.